The third-order valence-electron chi connectivity index (χ3n) is 3.49. The number of halogens is 1. The van der Waals surface area contributed by atoms with Crippen LogP contribution in [0.25, 0.3) is 0 Å². The van der Waals surface area contributed by atoms with Crippen LogP contribution < -0.4 is 4.74 Å². The maximum atomic E-state index is 10.7. The van der Waals surface area contributed by atoms with Crippen molar-refractivity contribution in [3.8, 4) is 5.75 Å². The van der Waals surface area contributed by atoms with Crippen molar-refractivity contribution in [2.75, 3.05) is 13.7 Å². The summed E-state index contributed by atoms with van der Waals surface area (Å²) in [4.78, 5) is 20.9. The lowest BCUT2D eigenvalue weighted by molar-refractivity contribution is -0.139. The van der Waals surface area contributed by atoms with Crippen LogP contribution in [0.4, 0.5) is 0 Å². The molecule has 7 heteroatoms. The largest absolute Gasteiger partial charge is 0.482 e. The van der Waals surface area contributed by atoms with Gasteiger partial charge in [0.25, 0.3) is 0 Å². The lowest BCUT2D eigenvalue weighted by atomic mass is 10.1. The van der Waals surface area contributed by atoms with Crippen molar-refractivity contribution in [3.63, 3.8) is 0 Å². The summed E-state index contributed by atoms with van der Waals surface area (Å²) in [6.45, 7) is 2.19. The van der Waals surface area contributed by atoms with E-state index in [1.165, 1.54) is 6.33 Å². The van der Waals surface area contributed by atoms with Gasteiger partial charge < -0.3 is 9.84 Å². The molecule has 0 aliphatic heterocycles. The monoisotopic (exact) mass is 335 g/mol. The van der Waals surface area contributed by atoms with E-state index in [0.717, 1.165) is 11.3 Å². The molecular formula is C16H18ClN3O3. The van der Waals surface area contributed by atoms with Gasteiger partial charge in [-0.05, 0) is 38.2 Å². The van der Waals surface area contributed by atoms with E-state index in [1.807, 2.05) is 20.0 Å². The number of nitrogens with zero attached hydrogens (tertiary/aromatic N) is 3. The van der Waals surface area contributed by atoms with Crippen LogP contribution in [0.3, 0.4) is 0 Å². The molecule has 0 aliphatic rings. The van der Waals surface area contributed by atoms with Crippen molar-refractivity contribution in [1.29, 1.82) is 0 Å². The Hall–Kier alpha value is -2.18. The zero-order chi connectivity index (χ0) is 16.8. The molecule has 23 heavy (non-hydrogen) atoms. The summed E-state index contributed by atoms with van der Waals surface area (Å²) in [6, 6.07) is 7.06. The molecule has 0 bridgehead atoms. The number of hydrogen-bond donors (Lipinski definition) is 1. The smallest absolute Gasteiger partial charge is 0.341 e. The van der Waals surface area contributed by atoms with Crippen LogP contribution in [0.15, 0.2) is 36.8 Å². The highest BCUT2D eigenvalue weighted by atomic mass is 35.5. The van der Waals surface area contributed by atoms with Gasteiger partial charge in [0.2, 0.25) is 0 Å². The number of carboxylic acid groups (broad SMARTS) is 1. The highest BCUT2D eigenvalue weighted by Gasteiger charge is 2.16. The van der Waals surface area contributed by atoms with Crippen molar-refractivity contribution < 1.29 is 14.6 Å². The van der Waals surface area contributed by atoms with Crippen LogP contribution in [-0.4, -0.2) is 39.6 Å². The predicted octanol–water partition coefficient (Wildman–Crippen LogP) is 2.79. The summed E-state index contributed by atoms with van der Waals surface area (Å²) in [6.07, 6.45) is 3.22. The van der Waals surface area contributed by atoms with Gasteiger partial charge in [-0.15, -0.1) is 0 Å². The highest BCUT2D eigenvalue weighted by molar-refractivity contribution is 6.30. The first-order valence-corrected chi connectivity index (χ1v) is 7.44. The Kier molecular flexibility index (Phi) is 5.90. The van der Waals surface area contributed by atoms with Gasteiger partial charge in [-0.25, -0.2) is 14.8 Å². The molecule has 1 heterocycles. The number of benzene rings is 1. The summed E-state index contributed by atoms with van der Waals surface area (Å²) in [5.74, 6) is -0.507. The van der Waals surface area contributed by atoms with E-state index in [9.17, 15) is 4.79 Å². The van der Waals surface area contributed by atoms with Gasteiger partial charge in [0.05, 0.1) is 5.69 Å². The lowest BCUT2D eigenvalue weighted by Crippen LogP contribution is -2.23. The molecule has 2 aromatic rings. The molecule has 1 aromatic heterocycles. The second kappa shape index (κ2) is 7.89. The van der Waals surface area contributed by atoms with Crippen LogP contribution in [0, 0.1) is 0 Å². The fourth-order valence-electron chi connectivity index (χ4n) is 2.13. The molecule has 1 unspecified atom stereocenters. The van der Waals surface area contributed by atoms with Crippen LogP contribution >= 0.6 is 11.6 Å². The molecule has 0 aliphatic carbocycles. The number of rotatable bonds is 7. The Labute approximate surface area is 139 Å². The van der Waals surface area contributed by atoms with Crippen LogP contribution in [0.5, 0.6) is 5.75 Å². The average molecular weight is 336 g/mol. The molecule has 0 saturated carbocycles. The number of hydrogen-bond acceptors (Lipinski definition) is 5. The number of carbonyl (C=O) groups is 1. The summed E-state index contributed by atoms with van der Waals surface area (Å²) < 4.78 is 5.33. The van der Waals surface area contributed by atoms with Gasteiger partial charge in [0.1, 0.15) is 12.1 Å². The van der Waals surface area contributed by atoms with E-state index in [4.69, 9.17) is 21.4 Å². The lowest BCUT2D eigenvalue weighted by Gasteiger charge is -2.25. The quantitative estimate of drug-likeness (QED) is 0.838. The Morgan fingerprint density at radius 3 is 2.87 bits per heavy atom. The number of ether oxygens (including phenoxy) is 1. The first-order chi connectivity index (χ1) is 11.0. The Morgan fingerprint density at radius 2 is 2.22 bits per heavy atom. The van der Waals surface area contributed by atoms with Crippen molar-refractivity contribution in [3.05, 3.63) is 53.1 Å². The van der Waals surface area contributed by atoms with Gasteiger partial charge in [-0.1, -0.05) is 11.6 Å². The number of aromatic nitrogens is 2. The SMILES string of the molecule is CC(c1ccncn1)N(C)Cc1cc(Cl)ccc1OCC(=O)O. The van der Waals surface area contributed by atoms with E-state index in [1.54, 1.807) is 24.4 Å². The normalized spacial score (nSPS) is 12.2. The molecule has 122 valence electrons. The molecule has 0 spiro atoms. The molecule has 2 rings (SSSR count). The van der Waals surface area contributed by atoms with Crippen molar-refractivity contribution in [1.82, 2.24) is 14.9 Å². The third-order valence-corrected chi connectivity index (χ3v) is 3.72. The summed E-state index contributed by atoms with van der Waals surface area (Å²) in [5.41, 5.74) is 1.72. The van der Waals surface area contributed by atoms with Gasteiger partial charge in [0.15, 0.2) is 6.61 Å². The zero-order valence-electron chi connectivity index (χ0n) is 12.9. The highest BCUT2D eigenvalue weighted by Crippen LogP contribution is 2.27. The van der Waals surface area contributed by atoms with Gasteiger partial charge in [-0.2, -0.15) is 0 Å². The molecule has 6 nitrogen and oxygen atoms in total. The molecule has 1 aromatic carbocycles. The summed E-state index contributed by atoms with van der Waals surface area (Å²) in [7, 11) is 1.95. The van der Waals surface area contributed by atoms with Crippen molar-refractivity contribution in [2.45, 2.75) is 19.5 Å². The zero-order valence-corrected chi connectivity index (χ0v) is 13.7. The van der Waals surface area contributed by atoms with E-state index < -0.39 is 5.97 Å². The molecular weight excluding hydrogens is 318 g/mol. The van der Waals surface area contributed by atoms with Crippen molar-refractivity contribution in [2.24, 2.45) is 0 Å². The fraction of sp³-hybridized carbons (Fsp3) is 0.312. The minimum atomic E-state index is -1.02. The van der Waals surface area contributed by atoms with E-state index >= 15 is 0 Å². The van der Waals surface area contributed by atoms with Crippen LogP contribution in [0.1, 0.15) is 24.2 Å². The van der Waals surface area contributed by atoms with Crippen LogP contribution in [-0.2, 0) is 11.3 Å². The van der Waals surface area contributed by atoms with Gasteiger partial charge in [0, 0.05) is 29.4 Å². The Morgan fingerprint density at radius 1 is 1.43 bits per heavy atom. The maximum absolute atomic E-state index is 10.7. The number of carboxylic acids is 1. The second-order valence-corrected chi connectivity index (χ2v) is 5.60. The molecule has 0 radical (unpaired) electrons. The second-order valence-electron chi connectivity index (χ2n) is 5.16. The topological polar surface area (TPSA) is 75.5 Å². The predicted molar refractivity (Wildman–Crippen MR) is 86.5 cm³/mol. The standard InChI is InChI=1S/C16H18ClN3O3/c1-11(14-5-6-18-10-19-14)20(2)8-12-7-13(17)3-4-15(12)23-9-16(21)22/h3-7,10-11H,8-9H2,1-2H3,(H,21,22). The fourth-order valence-corrected chi connectivity index (χ4v) is 2.33. The third kappa shape index (κ3) is 4.91. The summed E-state index contributed by atoms with van der Waals surface area (Å²) >= 11 is 6.05. The summed E-state index contributed by atoms with van der Waals surface area (Å²) in [5, 5.41) is 9.34. The van der Waals surface area contributed by atoms with E-state index in [-0.39, 0.29) is 12.6 Å². The van der Waals surface area contributed by atoms with Crippen LogP contribution in [0.2, 0.25) is 5.02 Å². The molecule has 0 fully saturated rings. The van der Waals surface area contributed by atoms with E-state index in [2.05, 4.69) is 14.9 Å². The van der Waals surface area contributed by atoms with Gasteiger partial charge >= 0.3 is 5.97 Å². The molecule has 0 amide bonds. The molecule has 0 saturated heterocycles. The first kappa shape index (κ1) is 17.2. The average Bonchev–Trinajstić information content (AvgIpc) is 2.54. The number of aliphatic carboxylic acids is 1. The Bertz CT molecular complexity index is 667. The first-order valence-electron chi connectivity index (χ1n) is 7.06. The van der Waals surface area contributed by atoms with Gasteiger partial charge in [-0.3, -0.25) is 4.90 Å². The minimum absolute atomic E-state index is 0.0595. The molecule has 1 atom stereocenters. The minimum Gasteiger partial charge on any atom is -0.482 e. The Balaban J connectivity index is 2.14. The van der Waals surface area contributed by atoms with E-state index in [0.29, 0.717) is 17.3 Å². The van der Waals surface area contributed by atoms with Crippen molar-refractivity contribution >= 4 is 17.6 Å². The molecule has 1 N–H and O–H groups in total. The maximum Gasteiger partial charge on any atom is 0.341 e.